The van der Waals surface area contributed by atoms with E-state index in [0.29, 0.717) is 4.32 Å². The lowest BCUT2D eigenvalue weighted by atomic mass is 10.2. The number of hydrazine groups is 1. The summed E-state index contributed by atoms with van der Waals surface area (Å²) < 4.78 is 0.645. The number of thiocarbonyl (C=S) groups is 1. The second-order valence-corrected chi connectivity index (χ2v) is 4.69. The second-order valence-electron chi connectivity index (χ2n) is 2.91. The molecule has 0 aliphatic carbocycles. The van der Waals surface area contributed by atoms with E-state index < -0.39 is 4.92 Å². The van der Waals surface area contributed by atoms with E-state index in [1.165, 1.54) is 17.8 Å². The average Bonchev–Trinajstić information content (AvgIpc) is 2.65. The Morgan fingerprint density at radius 1 is 1.53 bits per heavy atom. The molecule has 1 saturated heterocycles. The molecule has 78 valence electrons. The summed E-state index contributed by atoms with van der Waals surface area (Å²) in [5, 5.41) is 10.5. The van der Waals surface area contributed by atoms with E-state index in [-0.39, 0.29) is 11.1 Å². The van der Waals surface area contributed by atoms with Crippen molar-refractivity contribution in [3.8, 4) is 0 Å². The first-order valence-corrected chi connectivity index (χ1v) is 5.42. The molecule has 1 aromatic rings. The summed E-state index contributed by atoms with van der Waals surface area (Å²) in [5.74, 6) is 0. The Labute approximate surface area is 95.4 Å². The van der Waals surface area contributed by atoms with Crippen LogP contribution < -0.4 is 10.9 Å². The van der Waals surface area contributed by atoms with E-state index in [9.17, 15) is 10.1 Å². The summed E-state index contributed by atoms with van der Waals surface area (Å²) in [4.78, 5) is 10.2. The quantitative estimate of drug-likeness (QED) is 0.467. The van der Waals surface area contributed by atoms with Crippen LogP contribution >= 0.6 is 24.0 Å². The lowest BCUT2D eigenvalue weighted by Gasteiger charge is -2.06. The number of hydrogen-bond acceptors (Lipinski definition) is 5. The number of nitro benzene ring substituents is 1. The zero-order valence-corrected chi connectivity index (χ0v) is 9.10. The van der Waals surface area contributed by atoms with Crippen molar-refractivity contribution in [2.24, 2.45) is 0 Å². The third kappa shape index (κ3) is 2.25. The number of rotatable bonds is 2. The molecule has 1 aliphatic rings. The molecule has 7 heteroatoms. The van der Waals surface area contributed by atoms with Crippen LogP contribution in [0.3, 0.4) is 0 Å². The lowest BCUT2D eigenvalue weighted by molar-refractivity contribution is -0.384. The minimum atomic E-state index is -0.408. The topological polar surface area (TPSA) is 67.2 Å². The molecule has 2 N–H and O–H groups in total. The number of non-ortho nitro benzene ring substituents is 1. The van der Waals surface area contributed by atoms with Crippen LogP contribution in [0, 0.1) is 10.1 Å². The van der Waals surface area contributed by atoms with Gasteiger partial charge in [0.15, 0.2) is 0 Å². The van der Waals surface area contributed by atoms with Crippen LogP contribution in [0.1, 0.15) is 10.9 Å². The first-order valence-electron chi connectivity index (χ1n) is 4.13. The number of thioether (sulfide) groups is 1. The summed E-state index contributed by atoms with van der Waals surface area (Å²) in [5.41, 5.74) is 6.65. The van der Waals surface area contributed by atoms with Crippen LogP contribution in [0.2, 0.25) is 0 Å². The normalized spacial score (nSPS) is 20.0. The third-order valence-corrected chi connectivity index (χ3v) is 3.25. The van der Waals surface area contributed by atoms with E-state index in [1.807, 2.05) is 6.07 Å². The molecule has 0 unspecified atom stereocenters. The van der Waals surface area contributed by atoms with E-state index in [4.69, 9.17) is 12.2 Å². The highest BCUT2D eigenvalue weighted by atomic mass is 32.2. The van der Waals surface area contributed by atoms with Gasteiger partial charge in [0, 0.05) is 12.1 Å². The highest BCUT2D eigenvalue weighted by Gasteiger charge is 2.22. The van der Waals surface area contributed by atoms with Gasteiger partial charge in [0.05, 0.1) is 4.92 Å². The van der Waals surface area contributed by atoms with Crippen LogP contribution in [0.5, 0.6) is 0 Å². The van der Waals surface area contributed by atoms with Gasteiger partial charge in [-0.05, 0) is 5.56 Å². The van der Waals surface area contributed by atoms with Gasteiger partial charge in [-0.3, -0.25) is 10.1 Å². The molecule has 1 aliphatic heterocycles. The second kappa shape index (κ2) is 4.13. The first-order chi connectivity index (χ1) is 7.16. The van der Waals surface area contributed by atoms with Crippen LogP contribution in [0.15, 0.2) is 24.3 Å². The molecule has 5 nitrogen and oxygen atoms in total. The van der Waals surface area contributed by atoms with Crippen LogP contribution in [-0.2, 0) is 0 Å². The average molecular weight is 241 g/mol. The zero-order valence-electron chi connectivity index (χ0n) is 7.47. The summed E-state index contributed by atoms with van der Waals surface area (Å²) in [6.45, 7) is 0. The van der Waals surface area contributed by atoms with Gasteiger partial charge in [-0.25, -0.2) is 5.43 Å². The summed E-state index contributed by atoms with van der Waals surface area (Å²) in [7, 11) is 0. The fourth-order valence-corrected chi connectivity index (χ4v) is 2.32. The van der Waals surface area contributed by atoms with Crippen LogP contribution in [-0.4, -0.2) is 9.24 Å². The number of benzene rings is 1. The number of hydrogen-bond donors (Lipinski definition) is 2. The van der Waals surface area contributed by atoms with Gasteiger partial charge in [0.25, 0.3) is 5.69 Å². The summed E-state index contributed by atoms with van der Waals surface area (Å²) in [6.07, 6.45) is 0. The Balaban J connectivity index is 2.25. The summed E-state index contributed by atoms with van der Waals surface area (Å²) in [6, 6.07) is 6.50. The zero-order chi connectivity index (χ0) is 10.8. The molecule has 0 saturated carbocycles. The van der Waals surface area contributed by atoms with Crippen molar-refractivity contribution in [2.45, 2.75) is 5.37 Å². The molecule has 1 aromatic carbocycles. The Kier molecular flexibility index (Phi) is 2.85. The molecule has 15 heavy (non-hydrogen) atoms. The SMILES string of the molecule is O=[N+]([O-])c1cccc([C@H]2NNC(=S)S2)c1. The molecule has 1 atom stereocenters. The van der Waals surface area contributed by atoms with Crippen LogP contribution in [0.4, 0.5) is 5.69 Å². The van der Waals surface area contributed by atoms with Crippen molar-refractivity contribution >= 4 is 34.0 Å². The highest BCUT2D eigenvalue weighted by molar-refractivity contribution is 8.23. The van der Waals surface area contributed by atoms with Gasteiger partial charge in [0.2, 0.25) is 0 Å². The van der Waals surface area contributed by atoms with Crippen molar-refractivity contribution in [2.75, 3.05) is 0 Å². The lowest BCUT2D eigenvalue weighted by Crippen LogP contribution is -2.26. The minimum absolute atomic E-state index is 0.0580. The van der Waals surface area contributed by atoms with Crippen LogP contribution in [0.25, 0.3) is 0 Å². The number of nitro groups is 1. The molecule has 0 radical (unpaired) electrons. The smallest absolute Gasteiger partial charge is 0.269 e. The van der Waals surface area contributed by atoms with E-state index in [0.717, 1.165) is 5.56 Å². The fraction of sp³-hybridized carbons (Fsp3) is 0.125. The molecule has 0 amide bonds. The van der Waals surface area contributed by atoms with Crippen molar-refractivity contribution in [3.63, 3.8) is 0 Å². The minimum Gasteiger partial charge on any atom is -0.305 e. The van der Waals surface area contributed by atoms with Gasteiger partial charge in [-0.2, -0.15) is 0 Å². The first kappa shape index (κ1) is 10.3. The number of nitrogens with one attached hydrogen (secondary N) is 2. The van der Waals surface area contributed by atoms with Gasteiger partial charge in [0.1, 0.15) is 9.69 Å². The third-order valence-electron chi connectivity index (χ3n) is 1.91. The van der Waals surface area contributed by atoms with E-state index in [2.05, 4.69) is 10.9 Å². The number of nitrogens with zero attached hydrogens (tertiary/aromatic N) is 1. The molecular formula is C8H7N3O2S2. The molecule has 2 rings (SSSR count). The Morgan fingerprint density at radius 3 is 2.93 bits per heavy atom. The monoisotopic (exact) mass is 241 g/mol. The molecule has 0 aromatic heterocycles. The van der Waals surface area contributed by atoms with Gasteiger partial charge in [-0.15, -0.1) is 0 Å². The maximum Gasteiger partial charge on any atom is 0.269 e. The predicted molar refractivity (Wildman–Crippen MR) is 62.3 cm³/mol. The molecule has 0 spiro atoms. The van der Waals surface area contributed by atoms with Gasteiger partial charge < -0.3 is 5.43 Å². The van der Waals surface area contributed by atoms with Crippen molar-refractivity contribution in [1.82, 2.24) is 10.9 Å². The van der Waals surface area contributed by atoms with Crippen molar-refractivity contribution in [1.29, 1.82) is 0 Å². The van der Waals surface area contributed by atoms with Crippen molar-refractivity contribution in [3.05, 3.63) is 39.9 Å². The standard InChI is InChI=1S/C8H7N3O2S2/c12-11(13)6-3-1-2-5(4-6)7-9-10-8(14)15-7/h1-4,7,9H,(H,10,14)/t7-/m0/s1. The molecule has 1 heterocycles. The Bertz CT molecular complexity index is 424. The highest BCUT2D eigenvalue weighted by Crippen LogP contribution is 2.31. The van der Waals surface area contributed by atoms with Crippen molar-refractivity contribution < 1.29 is 4.92 Å². The fourth-order valence-electron chi connectivity index (χ4n) is 1.24. The Morgan fingerprint density at radius 2 is 2.33 bits per heavy atom. The maximum atomic E-state index is 10.6. The largest absolute Gasteiger partial charge is 0.305 e. The molecule has 1 fully saturated rings. The molecular weight excluding hydrogens is 234 g/mol. The van der Waals surface area contributed by atoms with Gasteiger partial charge >= 0.3 is 0 Å². The summed E-state index contributed by atoms with van der Waals surface area (Å²) >= 11 is 6.36. The van der Waals surface area contributed by atoms with E-state index in [1.54, 1.807) is 12.1 Å². The Hall–Kier alpha value is -1.18. The van der Waals surface area contributed by atoms with E-state index >= 15 is 0 Å². The predicted octanol–water partition coefficient (Wildman–Crippen LogP) is 1.72. The maximum absolute atomic E-state index is 10.6. The molecule has 0 bridgehead atoms. The van der Waals surface area contributed by atoms with Gasteiger partial charge in [-0.1, -0.05) is 36.1 Å².